The van der Waals surface area contributed by atoms with Crippen LogP contribution in [0.4, 0.5) is 5.69 Å². The first-order valence-electron chi connectivity index (χ1n) is 5.65. The minimum absolute atomic E-state index is 0.0430. The van der Waals surface area contributed by atoms with Crippen molar-refractivity contribution in [1.82, 2.24) is 0 Å². The number of anilines is 1. The monoisotopic (exact) mass is 297 g/mol. The average molecular weight is 298 g/mol. The Balaban J connectivity index is 2.14. The molecule has 0 bridgehead atoms. The van der Waals surface area contributed by atoms with Crippen LogP contribution in [-0.4, -0.2) is 12.2 Å². The molecule has 0 unspecified atom stereocenters. The quantitative estimate of drug-likeness (QED) is 0.883. The molecule has 2 N–H and O–H groups in total. The van der Waals surface area contributed by atoms with Crippen LogP contribution >= 0.6 is 23.2 Å². The van der Waals surface area contributed by atoms with Crippen LogP contribution in [0.1, 0.15) is 5.56 Å². The van der Waals surface area contributed by atoms with E-state index in [0.29, 0.717) is 17.1 Å². The number of hydrogen-bond acceptors (Lipinski definition) is 3. The molecule has 0 fully saturated rings. The summed E-state index contributed by atoms with van der Waals surface area (Å²) >= 11 is 11.8. The molecule has 0 aliphatic rings. The van der Waals surface area contributed by atoms with E-state index in [1.54, 1.807) is 13.2 Å². The van der Waals surface area contributed by atoms with Crippen molar-refractivity contribution in [3.05, 3.63) is 52.0 Å². The van der Waals surface area contributed by atoms with Crippen molar-refractivity contribution < 1.29 is 9.84 Å². The molecule has 0 aliphatic carbocycles. The van der Waals surface area contributed by atoms with E-state index in [4.69, 9.17) is 27.9 Å². The molecule has 0 aliphatic heterocycles. The summed E-state index contributed by atoms with van der Waals surface area (Å²) in [5, 5.41) is 13.8. The number of methoxy groups -OCH3 is 1. The fourth-order valence-corrected chi connectivity index (χ4v) is 2.22. The molecular formula is C14H13Cl2NO2. The van der Waals surface area contributed by atoms with Crippen molar-refractivity contribution in [3.63, 3.8) is 0 Å². The minimum Gasteiger partial charge on any atom is -0.506 e. The Kier molecular flexibility index (Phi) is 4.40. The molecule has 0 heterocycles. The predicted octanol–water partition coefficient (Wildman–Crippen LogP) is 4.32. The van der Waals surface area contributed by atoms with Gasteiger partial charge in [0.1, 0.15) is 11.5 Å². The van der Waals surface area contributed by atoms with E-state index in [-0.39, 0.29) is 10.8 Å². The molecular weight excluding hydrogens is 285 g/mol. The number of rotatable bonds is 4. The number of phenolic OH excluding ortho intramolecular Hbond substituents is 1. The number of hydrogen-bond donors (Lipinski definition) is 2. The first-order chi connectivity index (χ1) is 9.10. The molecule has 0 radical (unpaired) electrons. The zero-order chi connectivity index (χ0) is 13.8. The lowest BCUT2D eigenvalue weighted by atomic mass is 10.2. The highest BCUT2D eigenvalue weighted by Gasteiger charge is 2.07. The van der Waals surface area contributed by atoms with Crippen molar-refractivity contribution in [2.24, 2.45) is 0 Å². The molecule has 0 atom stereocenters. The Hall–Kier alpha value is -1.58. The second-order valence-corrected chi connectivity index (χ2v) is 4.82. The fourth-order valence-electron chi connectivity index (χ4n) is 1.68. The Morgan fingerprint density at radius 3 is 2.74 bits per heavy atom. The number of nitrogens with one attached hydrogen (secondary N) is 1. The van der Waals surface area contributed by atoms with Gasteiger partial charge in [-0.25, -0.2) is 0 Å². The van der Waals surface area contributed by atoms with Gasteiger partial charge in [0.25, 0.3) is 0 Å². The maximum absolute atomic E-state index is 9.85. The summed E-state index contributed by atoms with van der Waals surface area (Å²) in [6.07, 6.45) is 0. The maximum atomic E-state index is 9.85. The lowest BCUT2D eigenvalue weighted by molar-refractivity contribution is 0.415. The van der Waals surface area contributed by atoms with E-state index in [1.807, 2.05) is 24.3 Å². The first kappa shape index (κ1) is 13.8. The van der Waals surface area contributed by atoms with Crippen LogP contribution in [0.25, 0.3) is 0 Å². The molecule has 2 aromatic rings. The van der Waals surface area contributed by atoms with Crippen molar-refractivity contribution >= 4 is 28.9 Å². The Labute approximate surface area is 121 Å². The zero-order valence-electron chi connectivity index (χ0n) is 10.3. The van der Waals surface area contributed by atoms with Gasteiger partial charge in [-0.3, -0.25) is 0 Å². The molecule has 2 rings (SSSR count). The predicted molar refractivity (Wildman–Crippen MR) is 78.4 cm³/mol. The van der Waals surface area contributed by atoms with Crippen molar-refractivity contribution in [3.8, 4) is 11.5 Å². The SMILES string of the molecule is COc1cccc(NCc2cc(Cl)cc(Cl)c2O)c1. The molecule has 5 heteroatoms. The van der Waals surface area contributed by atoms with Gasteiger partial charge in [0, 0.05) is 28.9 Å². The number of aromatic hydroxyl groups is 1. The van der Waals surface area contributed by atoms with Gasteiger partial charge in [-0.2, -0.15) is 0 Å². The van der Waals surface area contributed by atoms with Crippen LogP contribution in [0.3, 0.4) is 0 Å². The Morgan fingerprint density at radius 2 is 2.00 bits per heavy atom. The smallest absolute Gasteiger partial charge is 0.139 e. The van der Waals surface area contributed by atoms with Gasteiger partial charge in [-0.05, 0) is 24.3 Å². The highest BCUT2D eigenvalue weighted by molar-refractivity contribution is 6.35. The highest BCUT2D eigenvalue weighted by Crippen LogP contribution is 2.31. The molecule has 19 heavy (non-hydrogen) atoms. The summed E-state index contributed by atoms with van der Waals surface area (Å²) in [5.74, 6) is 0.805. The maximum Gasteiger partial charge on any atom is 0.139 e. The third-order valence-electron chi connectivity index (χ3n) is 2.66. The van der Waals surface area contributed by atoms with Crippen LogP contribution in [-0.2, 0) is 6.54 Å². The van der Waals surface area contributed by atoms with E-state index in [0.717, 1.165) is 11.4 Å². The largest absolute Gasteiger partial charge is 0.506 e. The molecule has 100 valence electrons. The Bertz CT molecular complexity index is 588. The molecule has 0 saturated carbocycles. The lowest BCUT2D eigenvalue weighted by Gasteiger charge is -2.10. The topological polar surface area (TPSA) is 41.5 Å². The molecule has 3 nitrogen and oxygen atoms in total. The van der Waals surface area contributed by atoms with E-state index >= 15 is 0 Å². The molecule has 2 aromatic carbocycles. The molecule has 0 spiro atoms. The van der Waals surface area contributed by atoms with Gasteiger partial charge in [0.15, 0.2) is 0 Å². The van der Waals surface area contributed by atoms with E-state index < -0.39 is 0 Å². The van der Waals surface area contributed by atoms with Gasteiger partial charge in [-0.1, -0.05) is 29.3 Å². The van der Waals surface area contributed by atoms with Crippen LogP contribution in [0, 0.1) is 0 Å². The van der Waals surface area contributed by atoms with Gasteiger partial charge in [0.05, 0.1) is 12.1 Å². The number of ether oxygens (including phenoxy) is 1. The van der Waals surface area contributed by atoms with Gasteiger partial charge in [0.2, 0.25) is 0 Å². The van der Waals surface area contributed by atoms with Crippen molar-refractivity contribution in [2.45, 2.75) is 6.54 Å². The minimum atomic E-state index is 0.0430. The molecule has 0 amide bonds. The number of phenols is 1. The van der Waals surface area contributed by atoms with Gasteiger partial charge in [-0.15, -0.1) is 0 Å². The van der Waals surface area contributed by atoms with Crippen LogP contribution in [0.2, 0.25) is 10.0 Å². The van der Waals surface area contributed by atoms with Crippen molar-refractivity contribution in [1.29, 1.82) is 0 Å². The van der Waals surface area contributed by atoms with E-state index in [2.05, 4.69) is 5.32 Å². The van der Waals surface area contributed by atoms with Gasteiger partial charge < -0.3 is 15.2 Å². The summed E-state index contributed by atoms with van der Waals surface area (Å²) in [6, 6.07) is 10.7. The fraction of sp³-hybridized carbons (Fsp3) is 0.143. The number of halogens is 2. The van der Waals surface area contributed by atoms with E-state index in [9.17, 15) is 5.11 Å². The second kappa shape index (κ2) is 6.04. The standard InChI is InChI=1S/C14H13Cl2NO2/c1-19-12-4-2-3-11(7-12)17-8-9-5-10(15)6-13(16)14(9)18/h2-7,17-18H,8H2,1H3. The van der Waals surface area contributed by atoms with Crippen LogP contribution in [0.15, 0.2) is 36.4 Å². The van der Waals surface area contributed by atoms with Crippen LogP contribution in [0.5, 0.6) is 11.5 Å². The molecule has 0 saturated heterocycles. The third-order valence-corrected chi connectivity index (χ3v) is 3.17. The molecule has 0 aromatic heterocycles. The zero-order valence-corrected chi connectivity index (χ0v) is 11.8. The summed E-state index contributed by atoms with van der Waals surface area (Å²) in [6.45, 7) is 0.416. The van der Waals surface area contributed by atoms with Crippen molar-refractivity contribution in [2.75, 3.05) is 12.4 Å². The summed E-state index contributed by atoms with van der Waals surface area (Å²) in [5.41, 5.74) is 1.52. The third kappa shape index (κ3) is 3.46. The highest BCUT2D eigenvalue weighted by atomic mass is 35.5. The first-order valence-corrected chi connectivity index (χ1v) is 6.40. The summed E-state index contributed by atoms with van der Waals surface area (Å²) in [4.78, 5) is 0. The van der Waals surface area contributed by atoms with Crippen LogP contribution < -0.4 is 10.1 Å². The summed E-state index contributed by atoms with van der Waals surface area (Å²) in [7, 11) is 1.61. The lowest BCUT2D eigenvalue weighted by Crippen LogP contribution is -2.00. The second-order valence-electron chi connectivity index (χ2n) is 3.98. The summed E-state index contributed by atoms with van der Waals surface area (Å²) < 4.78 is 5.14. The average Bonchev–Trinajstić information content (AvgIpc) is 2.41. The van der Waals surface area contributed by atoms with E-state index in [1.165, 1.54) is 6.07 Å². The van der Waals surface area contributed by atoms with Gasteiger partial charge >= 0.3 is 0 Å². The normalized spacial score (nSPS) is 10.3. The number of benzene rings is 2. The Morgan fingerprint density at radius 1 is 1.21 bits per heavy atom.